The average molecular weight is 462 g/mol. The fraction of sp³-hybridized carbons (Fsp3) is 0.133. The second-order valence-electron chi connectivity index (χ2n) is 4.54. The van der Waals surface area contributed by atoms with E-state index in [1.165, 1.54) is 0 Å². The van der Waals surface area contributed by atoms with Crippen LogP contribution in [0.5, 0.6) is 0 Å². The Labute approximate surface area is 143 Å². The molecule has 0 radical (unpaired) electrons. The number of benzene rings is 2. The van der Waals surface area contributed by atoms with Crippen molar-refractivity contribution in [2.75, 3.05) is 5.32 Å². The number of nitrogens with one attached hydrogen (secondary N) is 1. The maximum Gasteiger partial charge on any atom is 0.256 e. The van der Waals surface area contributed by atoms with Crippen LogP contribution in [0.15, 0.2) is 43.7 Å². The molecule has 0 spiro atoms. The largest absolute Gasteiger partial charge is 0.320 e. The van der Waals surface area contributed by atoms with Crippen molar-refractivity contribution in [2.45, 2.75) is 13.8 Å². The molecule has 5 heteroatoms. The minimum atomic E-state index is -0.151. The Bertz CT molecular complexity index is 660. The molecule has 0 aliphatic carbocycles. The highest BCUT2D eigenvalue weighted by Gasteiger charge is 2.14. The number of hydrogen-bond donors (Lipinski definition) is 1. The third kappa shape index (κ3) is 3.51. The number of rotatable bonds is 2. The first-order valence-corrected chi connectivity index (χ1v) is 8.29. The van der Waals surface area contributed by atoms with Crippen LogP contribution in [0.25, 0.3) is 0 Å². The Morgan fingerprint density at radius 3 is 2.00 bits per heavy atom. The number of carbonyl (C=O) groups is 1. The van der Waals surface area contributed by atoms with Gasteiger partial charge in [0.15, 0.2) is 0 Å². The summed E-state index contributed by atoms with van der Waals surface area (Å²) in [7, 11) is 0. The highest BCUT2D eigenvalue weighted by Crippen LogP contribution is 2.33. The zero-order valence-corrected chi connectivity index (χ0v) is 15.7. The zero-order chi connectivity index (χ0) is 14.9. The predicted molar refractivity (Wildman–Crippen MR) is 93.4 cm³/mol. The molecule has 0 aliphatic rings. The minimum absolute atomic E-state index is 0.151. The molecule has 1 amide bonds. The van der Waals surface area contributed by atoms with Crippen molar-refractivity contribution < 1.29 is 4.79 Å². The van der Waals surface area contributed by atoms with Crippen LogP contribution in [0.4, 0.5) is 5.69 Å². The number of amides is 1. The molecule has 0 bridgehead atoms. The molecular formula is C15H12Br3NO. The van der Waals surface area contributed by atoms with Crippen molar-refractivity contribution in [1.29, 1.82) is 0 Å². The molecular weight excluding hydrogens is 450 g/mol. The third-order valence-corrected chi connectivity index (χ3v) is 4.70. The number of carbonyl (C=O) groups excluding carboxylic acids is 1. The monoisotopic (exact) mass is 459 g/mol. The summed E-state index contributed by atoms with van der Waals surface area (Å²) in [6.07, 6.45) is 0. The van der Waals surface area contributed by atoms with Gasteiger partial charge in [-0.25, -0.2) is 0 Å². The second-order valence-corrected chi connectivity index (χ2v) is 7.10. The first-order chi connectivity index (χ1) is 9.38. The van der Waals surface area contributed by atoms with E-state index in [1.54, 1.807) is 0 Å². The molecule has 2 aromatic carbocycles. The summed E-state index contributed by atoms with van der Waals surface area (Å²) >= 11 is 10.4. The Kier molecular flexibility index (Phi) is 5.04. The fourth-order valence-corrected chi connectivity index (χ4v) is 4.09. The molecule has 104 valence electrons. The molecule has 2 aromatic rings. The van der Waals surface area contributed by atoms with E-state index < -0.39 is 0 Å². The van der Waals surface area contributed by atoms with Gasteiger partial charge in [0, 0.05) is 13.4 Å². The molecule has 0 atom stereocenters. The zero-order valence-electron chi connectivity index (χ0n) is 10.9. The highest BCUT2D eigenvalue weighted by molar-refractivity contribution is 9.11. The number of halogens is 3. The van der Waals surface area contributed by atoms with Gasteiger partial charge < -0.3 is 5.32 Å². The van der Waals surface area contributed by atoms with Crippen molar-refractivity contribution in [3.05, 3.63) is 60.4 Å². The summed E-state index contributed by atoms with van der Waals surface area (Å²) in [6, 6.07) is 9.58. The summed E-state index contributed by atoms with van der Waals surface area (Å²) in [5.41, 5.74) is 3.55. The third-order valence-electron chi connectivity index (χ3n) is 2.79. The average Bonchev–Trinajstić information content (AvgIpc) is 2.33. The summed E-state index contributed by atoms with van der Waals surface area (Å²) in [5.74, 6) is -0.151. The first kappa shape index (κ1) is 15.7. The molecule has 0 unspecified atom stereocenters. The Morgan fingerprint density at radius 1 is 0.900 bits per heavy atom. The quantitative estimate of drug-likeness (QED) is 0.597. The van der Waals surface area contributed by atoms with Crippen LogP contribution < -0.4 is 5.32 Å². The smallest absolute Gasteiger partial charge is 0.256 e. The lowest BCUT2D eigenvalue weighted by Gasteiger charge is -2.12. The Hall–Kier alpha value is -0.650. The molecule has 0 aliphatic heterocycles. The lowest BCUT2D eigenvalue weighted by molar-refractivity contribution is 0.102. The van der Waals surface area contributed by atoms with Crippen molar-refractivity contribution >= 4 is 59.4 Å². The fourth-order valence-electron chi connectivity index (χ4n) is 1.80. The summed E-state index contributed by atoms with van der Waals surface area (Å²) in [6.45, 7) is 3.98. The summed E-state index contributed by atoms with van der Waals surface area (Å²) in [4.78, 5) is 12.4. The number of aryl methyl sites for hydroxylation is 2. The van der Waals surface area contributed by atoms with Crippen LogP contribution in [0.1, 0.15) is 21.5 Å². The van der Waals surface area contributed by atoms with E-state index in [-0.39, 0.29) is 5.91 Å². The van der Waals surface area contributed by atoms with E-state index in [9.17, 15) is 4.79 Å². The normalized spacial score (nSPS) is 10.4. The van der Waals surface area contributed by atoms with Crippen LogP contribution >= 0.6 is 47.8 Å². The van der Waals surface area contributed by atoms with Crippen LogP contribution in [-0.4, -0.2) is 5.91 Å². The van der Waals surface area contributed by atoms with Gasteiger partial charge in [-0.05, 0) is 97.0 Å². The van der Waals surface area contributed by atoms with Gasteiger partial charge in [0.05, 0.1) is 11.3 Å². The maximum absolute atomic E-state index is 12.4. The van der Waals surface area contributed by atoms with Gasteiger partial charge in [-0.2, -0.15) is 0 Å². The van der Waals surface area contributed by atoms with Crippen LogP contribution in [-0.2, 0) is 0 Å². The van der Waals surface area contributed by atoms with Crippen LogP contribution in [0, 0.1) is 13.8 Å². The molecule has 1 N–H and O–H groups in total. The van der Waals surface area contributed by atoms with Gasteiger partial charge >= 0.3 is 0 Å². The highest BCUT2D eigenvalue weighted by atomic mass is 79.9. The maximum atomic E-state index is 12.4. The molecule has 0 aromatic heterocycles. The molecule has 20 heavy (non-hydrogen) atoms. The molecule has 0 saturated carbocycles. The van der Waals surface area contributed by atoms with Gasteiger partial charge in [-0.15, -0.1) is 0 Å². The molecule has 0 heterocycles. The van der Waals surface area contributed by atoms with Crippen LogP contribution in [0.2, 0.25) is 0 Å². The van der Waals surface area contributed by atoms with Crippen molar-refractivity contribution in [2.24, 2.45) is 0 Å². The van der Waals surface area contributed by atoms with E-state index >= 15 is 0 Å². The summed E-state index contributed by atoms with van der Waals surface area (Å²) < 4.78 is 2.48. The lowest BCUT2D eigenvalue weighted by atomic mass is 10.1. The molecule has 2 nitrogen and oxygen atoms in total. The van der Waals surface area contributed by atoms with E-state index in [2.05, 4.69) is 53.1 Å². The SMILES string of the molecule is Cc1ccc(C(=O)Nc2c(Br)cc(C)cc2Br)c(Br)c1. The number of anilines is 1. The minimum Gasteiger partial charge on any atom is -0.320 e. The van der Waals surface area contributed by atoms with Gasteiger partial charge in [0.1, 0.15) is 0 Å². The second kappa shape index (κ2) is 6.41. The van der Waals surface area contributed by atoms with Crippen molar-refractivity contribution in [1.82, 2.24) is 0 Å². The Morgan fingerprint density at radius 2 is 1.45 bits per heavy atom. The van der Waals surface area contributed by atoms with Crippen LogP contribution in [0.3, 0.4) is 0 Å². The standard InChI is InChI=1S/C15H12Br3NO/c1-8-3-4-10(11(16)5-8)15(20)19-14-12(17)6-9(2)7-13(14)18/h3-7H,1-2H3,(H,19,20). The molecule has 0 saturated heterocycles. The van der Waals surface area contributed by atoms with E-state index in [1.807, 2.05) is 44.2 Å². The predicted octanol–water partition coefficient (Wildman–Crippen LogP) is 5.84. The van der Waals surface area contributed by atoms with Gasteiger partial charge in [0.2, 0.25) is 0 Å². The Balaban J connectivity index is 2.33. The van der Waals surface area contributed by atoms with E-state index in [4.69, 9.17) is 0 Å². The van der Waals surface area contributed by atoms with E-state index in [0.717, 1.165) is 30.2 Å². The first-order valence-electron chi connectivity index (χ1n) is 5.91. The van der Waals surface area contributed by atoms with Gasteiger partial charge in [0.25, 0.3) is 5.91 Å². The topological polar surface area (TPSA) is 29.1 Å². The van der Waals surface area contributed by atoms with Gasteiger partial charge in [-0.3, -0.25) is 4.79 Å². The van der Waals surface area contributed by atoms with Gasteiger partial charge in [-0.1, -0.05) is 6.07 Å². The van der Waals surface area contributed by atoms with E-state index in [0.29, 0.717) is 5.56 Å². The van der Waals surface area contributed by atoms with Crippen molar-refractivity contribution in [3.8, 4) is 0 Å². The molecule has 2 rings (SSSR count). The molecule has 0 fully saturated rings. The van der Waals surface area contributed by atoms with Crippen molar-refractivity contribution in [3.63, 3.8) is 0 Å². The lowest BCUT2D eigenvalue weighted by Crippen LogP contribution is -2.13. The summed E-state index contributed by atoms with van der Waals surface area (Å²) in [5, 5.41) is 2.92. The number of hydrogen-bond acceptors (Lipinski definition) is 1.